The normalized spacial score (nSPS) is 12.4. The molecule has 0 saturated heterocycles. The molecule has 1 aromatic carbocycles. The Labute approximate surface area is 146 Å². The van der Waals surface area contributed by atoms with Crippen LogP contribution in [0.4, 0.5) is 0 Å². The van der Waals surface area contributed by atoms with E-state index in [-0.39, 0.29) is 18.0 Å². The molecule has 1 N–H and O–H groups in total. The molecule has 0 aliphatic heterocycles. The summed E-state index contributed by atoms with van der Waals surface area (Å²) in [4.78, 5) is 17.0. The summed E-state index contributed by atoms with van der Waals surface area (Å²) in [5.41, 5.74) is 2.22. The van der Waals surface area contributed by atoms with Gasteiger partial charge in [0.25, 0.3) is 5.91 Å². The number of carbonyl (C=O) groups excluding carboxylic acids is 1. The van der Waals surface area contributed by atoms with Gasteiger partial charge in [0.1, 0.15) is 5.75 Å². The fraction of sp³-hybridized carbons (Fsp3) is 0.316. The topological polar surface area (TPSA) is 69.0 Å². The van der Waals surface area contributed by atoms with Gasteiger partial charge in [0.15, 0.2) is 5.65 Å². The maximum absolute atomic E-state index is 12.6. The van der Waals surface area contributed by atoms with Gasteiger partial charge in [-0.15, -0.1) is 0 Å². The second-order valence-corrected chi connectivity index (χ2v) is 6.26. The van der Waals surface area contributed by atoms with E-state index >= 15 is 0 Å². The van der Waals surface area contributed by atoms with Gasteiger partial charge in [-0.25, -0.2) is 9.67 Å². The molecule has 0 fully saturated rings. The Morgan fingerprint density at radius 1 is 1.20 bits per heavy atom. The van der Waals surface area contributed by atoms with Crippen molar-refractivity contribution in [3.8, 4) is 5.75 Å². The van der Waals surface area contributed by atoms with Crippen molar-refractivity contribution in [1.82, 2.24) is 20.1 Å². The summed E-state index contributed by atoms with van der Waals surface area (Å²) in [6.45, 7) is 6.02. The fourth-order valence-corrected chi connectivity index (χ4v) is 2.82. The second-order valence-electron chi connectivity index (χ2n) is 6.26. The first-order chi connectivity index (χ1) is 12.0. The van der Waals surface area contributed by atoms with Gasteiger partial charge in [-0.3, -0.25) is 4.79 Å². The Hall–Kier alpha value is -2.89. The lowest BCUT2D eigenvalue weighted by atomic mass is 10.1. The zero-order valence-corrected chi connectivity index (χ0v) is 14.9. The quantitative estimate of drug-likeness (QED) is 0.773. The number of hydrogen-bond acceptors (Lipinski definition) is 4. The van der Waals surface area contributed by atoms with Gasteiger partial charge < -0.3 is 10.1 Å². The van der Waals surface area contributed by atoms with Crippen LogP contribution in [-0.2, 0) is 0 Å². The monoisotopic (exact) mass is 338 g/mol. The minimum atomic E-state index is -0.183. The molecule has 0 radical (unpaired) electrons. The van der Waals surface area contributed by atoms with E-state index in [2.05, 4.69) is 15.4 Å². The minimum absolute atomic E-state index is 0.176. The maximum Gasteiger partial charge on any atom is 0.253 e. The van der Waals surface area contributed by atoms with Crippen molar-refractivity contribution in [2.45, 2.75) is 32.9 Å². The first-order valence-electron chi connectivity index (χ1n) is 8.28. The number of para-hydroxylation sites is 1. The van der Waals surface area contributed by atoms with Gasteiger partial charge in [-0.05, 0) is 32.9 Å². The molecule has 0 bridgehead atoms. The lowest BCUT2D eigenvalue weighted by Gasteiger charge is -2.17. The number of nitrogens with zero attached hydrogens (tertiary/aromatic N) is 3. The number of methoxy groups -OCH3 is 1. The van der Waals surface area contributed by atoms with Crippen LogP contribution >= 0.6 is 0 Å². The minimum Gasteiger partial charge on any atom is -0.496 e. The van der Waals surface area contributed by atoms with Crippen LogP contribution in [0.1, 0.15) is 48.8 Å². The van der Waals surface area contributed by atoms with Crippen molar-refractivity contribution in [2.75, 3.05) is 7.11 Å². The van der Waals surface area contributed by atoms with Crippen LogP contribution in [0.15, 0.2) is 42.7 Å². The summed E-state index contributed by atoms with van der Waals surface area (Å²) >= 11 is 0. The van der Waals surface area contributed by atoms with Crippen LogP contribution in [0, 0.1) is 0 Å². The molecule has 0 aliphatic carbocycles. The highest BCUT2D eigenvalue weighted by atomic mass is 16.5. The van der Waals surface area contributed by atoms with Crippen LogP contribution in [-0.4, -0.2) is 27.8 Å². The molecule has 1 atom stereocenters. The number of fused-ring (bicyclic) bond motifs is 1. The standard InChI is InChI=1S/C19H22N4O2/c1-12(2)23-18-14(11-21-23)9-15(10-20-18)19(24)22-13(3)16-7-5-6-8-17(16)25-4/h5-13H,1-4H3,(H,22,24). The third kappa shape index (κ3) is 3.33. The molecule has 3 rings (SSSR count). The molecular weight excluding hydrogens is 316 g/mol. The highest BCUT2D eigenvalue weighted by Gasteiger charge is 2.16. The van der Waals surface area contributed by atoms with Gasteiger partial charge in [0.05, 0.1) is 24.9 Å². The summed E-state index contributed by atoms with van der Waals surface area (Å²) in [6, 6.07) is 9.51. The first kappa shape index (κ1) is 17.0. The largest absolute Gasteiger partial charge is 0.496 e. The van der Waals surface area contributed by atoms with E-state index in [0.29, 0.717) is 5.56 Å². The maximum atomic E-state index is 12.6. The number of carbonyl (C=O) groups is 1. The third-order valence-corrected chi connectivity index (χ3v) is 4.14. The Bertz CT molecular complexity index is 901. The summed E-state index contributed by atoms with van der Waals surface area (Å²) in [5.74, 6) is 0.576. The molecule has 3 aromatic rings. The van der Waals surface area contributed by atoms with E-state index in [4.69, 9.17) is 4.74 Å². The van der Waals surface area contributed by atoms with Crippen molar-refractivity contribution in [3.05, 3.63) is 53.9 Å². The smallest absolute Gasteiger partial charge is 0.253 e. The highest BCUT2D eigenvalue weighted by Crippen LogP contribution is 2.25. The first-order valence-corrected chi connectivity index (χ1v) is 8.28. The van der Waals surface area contributed by atoms with E-state index in [9.17, 15) is 4.79 Å². The molecule has 25 heavy (non-hydrogen) atoms. The predicted molar refractivity (Wildman–Crippen MR) is 96.8 cm³/mol. The van der Waals surface area contributed by atoms with Crippen LogP contribution in [0.25, 0.3) is 11.0 Å². The van der Waals surface area contributed by atoms with Gasteiger partial charge >= 0.3 is 0 Å². The molecule has 0 saturated carbocycles. The molecule has 6 heteroatoms. The van der Waals surface area contributed by atoms with Crippen LogP contribution in [0.2, 0.25) is 0 Å². The number of aromatic nitrogens is 3. The molecule has 1 unspecified atom stereocenters. The summed E-state index contributed by atoms with van der Waals surface area (Å²) in [5, 5.41) is 8.18. The zero-order chi connectivity index (χ0) is 18.0. The van der Waals surface area contributed by atoms with Gasteiger partial charge in [-0.2, -0.15) is 5.10 Å². The van der Waals surface area contributed by atoms with Crippen molar-refractivity contribution >= 4 is 16.9 Å². The Kier molecular flexibility index (Phi) is 4.70. The third-order valence-electron chi connectivity index (χ3n) is 4.14. The molecule has 2 heterocycles. The Morgan fingerprint density at radius 2 is 1.96 bits per heavy atom. The van der Waals surface area contributed by atoms with Crippen LogP contribution < -0.4 is 10.1 Å². The van der Waals surface area contributed by atoms with Gasteiger partial charge in [-0.1, -0.05) is 18.2 Å². The summed E-state index contributed by atoms with van der Waals surface area (Å²) in [6.07, 6.45) is 3.33. The lowest BCUT2D eigenvalue weighted by molar-refractivity contribution is 0.0939. The van der Waals surface area contributed by atoms with E-state index in [1.807, 2.05) is 55.8 Å². The average Bonchev–Trinajstić information content (AvgIpc) is 3.04. The molecule has 0 spiro atoms. The van der Waals surface area contributed by atoms with Crippen molar-refractivity contribution < 1.29 is 9.53 Å². The number of nitrogens with one attached hydrogen (secondary N) is 1. The predicted octanol–water partition coefficient (Wildman–Crippen LogP) is 3.51. The van der Waals surface area contributed by atoms with E-state index in [1.165, 1.54) is 0 Å². The number of ether oxygens (including phenoxy) is 1. The van der Waals surface area contributed by atoms with E-state index < -0.39 is 0 Å². The number of hydrogen-bond donors (Lipinski definition) is 1. The SMILES string of the molecule is COc1ccccc1C(C)NC(=O)c1cnc2c(cnn2C(C)C)c1. The van der Waals surface area contributed by atoms with Crippen molar-refractivity contribution in [2.24, 2.45) is 0 Å². The number of pyridine rings is 1. The highest BCUT2D eigenvalue weighted by molar-refractivity contribution is 5.97. The summed E-state index contributed by atoms with van der Waals surface area (Å²) < 4.78 is 7.20. The van der Waals surface area contributed by atoms with Crippen LogP contribution in [0.5, 0.6) is 5.75 Å². The zero-order valence-electron chi connectivity index (χ0n) is 14.9. The fourth-order valence-electron chi connectivity index (χ4n) is 2.82. The Morgan fingerprint density at radius 3 is 2.68 bits per heavy atom. The van der Waals surface area contributed by atoms with Crippen molar-refractivity contribution in [3.63, 3.8) is 0 Å². The Balaban J connectivity index is 1.82. The second kappa shape index (κ2) is 6.93. The molecule has 130 valence electrons. The van der Waals surface area contributed by atoms with Gasteiger partial charge in [0.2, 0.25) is 0 Å². The molecule has 1 amide bonds. The molecule has 0 aliphatic rings. The van der Waals surface area contributed by atoms with E-state index in [0.717, 1.165) is 22.3 Å². The average molecular weight is 338 g/mol. The van der Waals surface area contributed by atoms with Crippen LogP contribution in [0.3, 0.4) is 0 Å². The number of amides is 1. The van der Waals surface area contributed by atoms with Crippen molar-refractivity contribution in [1.29, 1.82) is 0 Å². The summed E-state index contributed by atoms with van der Waals surface area (Å²) in [7, 11) is 1.62. The van der Waals surface area contributed by atoms with E-state index in [1.54, 1.807) is 19.5 Å². The number of benzene rings is 1. The van der Waals surface area contributed by atoms with Gasteiger partial charge in [0, 0.05) is 23.2 Å². The number of rotatable bonds is 5. The molecule has 2 aromatic heterocycles. The lowest BCUT2D eigenvalue weighted by Crippen LogP contribution is -2.27. The molecular formula is C19H22N4O2. The molecule has 6 nitrogen and oxygen atoms in total.